The molecular formula is C11H10Cl2FNO2. The Morgan fingerprint density at radius 3 is 2.35 bits per heavy atom. The smallest absolute Gasteiger partial charge is 0.326 e. The number of carbonyl (C=O) groups is 1. The van der Waals surface area contributed by atoms with Crippen LogP contribution in [0.1, 0.15) is 12.8 Å². The molecule has 1 atom stereocenters. The van der Waals surface area contributed by atoms with E-state index >= 15 is 0 Å². The minimum Gasteiger partial charge on any atom is -0.480 e. The molecule has 0 amide bonds. The number of hydrogen-bond donors (Lipinski definition) is 2. The van der Waals surface area contributed by atoms with Crippen molar-refractivity contribution in [3.8, 4) is 0 Å². The molecule has 17 heavy (non-hydrogen) atoms. The van der Waals surface area contributed by atoms with Gasteiger partial charge in [0.2, 0.25) is 0 Å². The van der Waals surface area contributed by atoms with Crippen LogP contribution in [0.2, 0.25) is 10.0 Å². The van der Waals surface area contributed by atoms with Crippen molar-refractivity contribution in [2.24, 2.45) is 5.92 Å². The predicted octanol–water partition coefficient (Wildman–Crippen LogP) is 3.41. The van der Waals surface area contributed by atoms with Crippen molar-refractivity contribution >= 4 is 34.9 Å². The second-order valence-electron chi connectivity index (χ2n) is 4.05. The van der Waals surface area contributed by atoms with Crippen molar-refractivity contribution in [3.05, 3.63) is 28.0 Å². The standard InChI is InChI=1S/C11H10Cl2FNO2/c12-7-3-6(4-8(13)9(7)14)15-10(11(16)17)5-1-2-5/h3-5,10,15H,1-2H2,(H,16,17). The molecule has 0 saturated heterocycles. The van der Waals surface area contributed by atoms with Gasteiger partial charge in [-0.15, -0.1) is 0 Å². The third-order valence-corrected chi connectivity index (χ3v) is 3.22. The summed E-state index contributed by atoms with van der Waals surface area (Å²) in [4.78, 5) is 11.0. The number of carboxylic acid groups (broad SMARTS) is 1. The number of anilines is 1. The van der Waals surface area contributed by atoms with Crippen LogP contribution in [-0.4, -0.2) is 17.1 Å². The lowest BCUT2D eigenvalue weighted by Gasteiger charge is -2.15. The summed E-state index contributed by atoms with van der Waals surface area (Å²) < 4.78 is 13.2. The monoisotopic (exact) mass is 277 g/mol. The van der Waals surface area contributed by atoms with Crippen LogP contribution < -0.4 is 5.32 Å². The van der Waals surface area contributed by atoms with Gasteiger partial charge in [-0.05, 0) is 30.9 Å². The molecule has 6 heteroatoms. The Hall–Kier alpha value is -1.00. The van der Waals surface area contributed by atoms with Crippen LogP contribution in [0.5, 0.6) is 0 Å². The number of aliphatic carboxylic acids is 1. The SMILES string of the molecule is O=C(O)C(Nc1cc(Cl)c(F)c(Cl)c1)C1CC1. The third-order valence-electron chi connectivity index (χ3n) is 2.67. The number of hydrogen-bond acceptors (Lipinski definition) is 2. The van der Waals surface area contributed by atoms with Crippen LogP contribution in [0.3, 0.4) is 0 Å². The first-order chi connectivity index (χ1) is 7.99. The van der Waals surface area contributed by atoms with Gasteiger partial charge in [-0.25, -0.2) is 9.18 Å². The molecule has 3 nitrogen and oxygen atoms in total. The van der Waals surface area contributed by atoms with E-state index in [9.17, 15) is 9.18 Å². The molecular weight excluding hydrogens is 268 g/mol. The molecule has 0 radical (unpaired) electrons. The zero-order valence-electron chi connectivity index (χ0n) is 8.71. The molecule has 0 heterocycles. The lowest BCUT2D eigenvalue weighted by Crippen LogP contribution is -2.31. The molecule has 92 valence electrons. The number of rotatable bonds is 4. The van der Waals surface area contributed by atoms with Crippen molar-refractivity contribution < 1.29 is 14.3 Å². The average molecular weight is 278 g/mol. The summed E-state index contributed by atoms with van der Waals surface area (Å²) in [6, 6.07) is 2.00. The Morgan fingerprint density at radius 2 is 1.94 bits per heavy atom. The maximum Gasteiger partial charge on any atom is 0.326 e. The molecule has 1 aliphatic carbocycles. The third kappa shape index (κ3) is 2.82. The fourth-order valence-electron chi connectivity index (χ4n) is 1.63. The lowest BCUT2D eigenvalue weighted by atomic mass is 10.1. The highest BCUT2D eigenvalue weighted by atomic mass is 35.5. The predicted molar refractivity (Wildman–Crippen MR) is 64.2 cm³/mol. The summed E-state index contributed by atoms with van der Waals surface area (Å²) >= 11 is 11.3. The van der Waals surface area contributed by atoms with E-state index in [1.165, 1.54) is 12.1 Å². The van der Waals surface area contributed by atoms with Crippen LogP contribution in [0.15, 0.2) is 12.1 Å². The number of halogens is 3. The minimum atomic E-state index is -0.927. The summed E-state index contributed by atoms with van der Waals surface area (Å²) in [5, 5.41) is 11.6. The molecule has 1 aromatic rings. The summed E-state index contributed by atoms with van der Waals surface area (Å²) in [7, 11) is 0. The van der Waals surface area contributed by atoms with Crippen LogP contribution in [0.25, 0.3) is 0 Å². The molecule has 1 fully saturated rings. The number of nitrogens with one attached hydrogen (secondary N) is 1. The highest BCUT2D eigenvalue weighted by Gasteiger charge is 2.36. The molecule has 2 N–H and O–H groups in total. The van der Waals surface area contributed by atoms with Crippen molar-refractivity contribution in [2.45, 2.75) is 18.9 Å². The van der Waals surface area contributed by atoms with E-state index in [4.69, 9.17) is 28.3 Å². The molecule has 1 aliphatic rings. The molecule has 0 aromatic heterocycles. The van der Waals surface area contributed by atoms with Crippen LogP contribution >= 0.6 is 23.2 Å². The quantitative estimate of drug-likeness (QED) is 0.830. The molecule has 1 saturated carbocycles. The fraction of sp³-hybridized carbons (Fsp3) is 0.364. The first-order valence-electron chi connectivity index (χ1n) is 5.13. The van der Waals surface area contributed by atoms with Gasteiger partial charge in [0.15, 0.2) is 5.82 Å². The molecule has 1 unspecified atom stereocenters. The second-order valence-corrected chi connectivity index (χ2v) is 4.87. The maximum atomic E-state index is 13.2. The van der Waals surface area contributed by atoms with E-state index < -0.39 is 17.8 Å². The second kappa shape index (κ2) is 4.70. The highest BCUT2D eigenvalue weighted by molar-refractivity contribution is 6.35. The first-order valence-corrected chi connectivity index (χ1v) is 5.88. The highest BCUT2D eigenvalue weighted by Crippen LogP contribution is 2.35. The van der Waals surface area contributed by atoms with Gasteiger partial charge in [0, 0.05) is 5.69 Å². The van der Waals surface area contributed by atoms with Gasteiger partial charge in [-0.3, -0.25) is 0 Å². The summed E-state index contributed by atoms with van der Waals surface area (Å²) in [5.74, 6) is -1.50. The Morgan fingerprint density at radius 1 is 1.41 bits per heavy atom. The zero-order valence-corrected chi connectivity index (χ0v) is 10.2. The fourth-order valence-corrected chi connectivity index (χ4v) is 2.12. The van der Waals surface area contributed by atoms with Gasteiger partial charge < -0.3 is 10.4 Å². The van der Waals surface area contributed by atoms with E-state index in [2.05, 4.69) is 5.32 Å². The molecule has 0 aliphatic heterocycles. The van der Waals surface area contributed by atoms with E-state index in [1.54, 1.807) is 0 Å². The molecule has 0 bridgehead atoms. The van der Waals surface area contributed by atoms with Crippen LogP contribution in [0.4, 0.5) is 10.1 Å². The molecule has 2 rings (SSSR count). The Kier molecular flexibility index (Phi) is 3.45. The lowest BCUT2D eigenvalue weighted by molar-refractivity contribution is -0.138. The van der Waals surface area contributed by atoms with E-state index in [1.807, 2.05) is 0 Å². The minimum absolute atomic E-state index is 0.120. The van der Waals surface area contributed by atoms with Crippen LogP contribution in [0, 0.1) is 11.7 Å². The molecule has 0 spiro atoms. The van der Waals surface area contributed by atoms with Gasteiger partial charge in [0.1, 0.15) is 6.04 Å². The van der Waals surface area contributed by atoms with Gasteiger partial charge >= 0.3 is 5.97 Å². The van der Waals surface area contributed by atoms with Gasteiger partial charge in [0.25, 0.3) is 0 Å². The van der Waals surface area contributed by atoms with Gasteiger partial charge in [-0.2, -0.15) is 0 Å². The number of carboxylic acids is 1. The zero-order chi connectivity index (χ0) is 12.6. The topological polar surface area (TPSA) is 49.3 Å². The average Bonchev–Trinajstić information content (AvgIpc) is 3.05. The van der Waals surface area contributed by atoms with Crippen molar-refractivity contribution in [1.82, 2.24) is 0 Å². The van der Waals surface area contributed by atoms with E-state index in [0.29, 0.717) is 5.69 Å². The van der Waals surface area contributed by atoms with Gasteiger partial charge in [-0.1, -0.05) is 23.2 Å². The van der Waals surface area contributed by atoms with E-state index in [0.717, 1.165) is 12.8 Å². The summed E-state index contributed by atoms with van der Waals surface area (Å²) in [5.41, 5.74) is 0.417. The first kappa shape index (κ1) is 12.5. The van der Waals surface area contributed by atoms with Crippen molar-refractivity contribution in [3.63, 3.8) is 0 Å². The Balaban J connectivity index is 2.20. The normalized spacial score (nSPS) is 16.6. The number of benzene rings is 1. The Labute approximate surface area is 108 Å². The molecule has 1 aromatic carbocycles. The maximum absolute atomic E-state index is 13.2. The summed E-state index contributed by atoms with van der Waals surface area (Å²) in [6.45, 7) is 0. The summed E-state index contributed by atoms with van der Waals surface area (Å²) in [6.07, 6.45) is 1.76. The van der Waals surface area contributed by atoms with Crippen LogP contribution in [-0.2, 0) is 4.79 Å². The van der Waals surface area contributed by atoms with Gasteiger partial charge in [0.05, 0.1) is 10.0 Å². The largest absolute Gasteiger partial charge is 0.480 e. The Bertz CT molecular complexity index is 440. The van der Waals surface area contributed by atoms with Crippen molar-refractivity contribution in [1.29, 1.82) is 0 Å². The van der Waals surface area contributed by atoms with E-state index in [-0.39, 0.29) is 16.0 Å². The van der Waals surface area contributed by atoms with Crippen molar-refractivity contribution in [2.75, 3.05) is 5.32 Å².